The minimum atomic E-state index is -2.34. The lowest BCUT2D eigenvalue weighted by molar-refractivity contribution is 0.103. The van der Waals surface area contributed by atoms with E-state index in [9.17, 15) is 13.8 Å². The summed E-state index contributed by atoms with van der Waals surface area (Å²) < 4.78 is 18.6. The van der Waals surface area contributed by atoms with Crippen LogP contribution in [0.4, 0.5) is 5.69 Å². The van der Waals surface area contributed by atoms with E-state index in [1.165, 1.54) is 17.9 Å². The lowest BCUT2D eigenvalue weighted by atomic mass is 10.0. The molecule has 8 heteroatoms. The molecule has 0 saturated carbocycles. The van der Waals surface area contributed by atoms with E-state index in [0.717, 1.165) is 24.8 Å². The molecule has 6 nitrogen and oxygen atoms in total. The molecule has 1 aromatic heterocycles. The van der Waals surface area contributed by atoms with E-state index in [0.29, 0.717) is 17.2 Å². The molecule has 1 N–H and O–H groups in total. The SMILES string of the molecule is Cc1ccc(C(=O)c2c[nH]n(C)c2=O)c(Cl)c1N=S1(=O)CCCCC1. The largest absolute Gasteiger partial charge is 0.302 e. The van der Waals surface area contributed by atoms with Crippen molar-refractivity contribution in [1.82, 2.24) is 9.78 Å². The molecular formula is C17H20ClN3O3S. The van der Waals surface area contributed by atoms with Crippen LogP contribution in [0.25, 0.3) is 0 Å². The number of carbonyl (C=O) groups is 1. The zero-order chi connectivity index (χ0) is 18.2. The van der Waals surface area contributed by atoms with Gasteiger partial charge in [0.1, 0.15) is 5.56 Å². The van der Waals surface area contributed by atoms with Crippen molar-refractivity contribution >= 4 is 32.8 Å². The van der Waals surface area contributed by atoms with Gasteiger partial charge in [-0.25, -0.2) is 4.21 Å². The van der Waals surface area contributed by atoms with Gasteiger partial charge in [0.05, 0.1) is 20.4 Å². The van der Waals surface area contributed by atoms with Crippen LogP contribution in [0.2, 0.25) is 5.02 Å². The standard InChI is InChI=1S/C17H20ClN3O3S/c1-11-6-7-12(16(22)13-10-19-21(2)17(13)23)14(18)15(11)20-25(24)8-4-3-5-9-25/h6-7,10,19H,3-5,8-9H2,1-2H3. The fourth-order valence-electron chi connectivity index (χ4n) is 2.91. The summed E-state index contributed by atoms with van der Waals surface area (Å²) >= 11 is 6.44. The zero-order valence-corrected chi connectivity index (χ0v) is 15.7. The normalized spacial score (nSPS) is 16.6. The average Bonchev–Trinajstić information content (AvgIpc) is 2.91. The molecule has 1 fully saturated rings. The van der Waals surface area contributed by atoms with Crippen LogP contribution in [-0.4, -0.2) is 31.3 Å². The predicted octanol–water partition coefficient (Wildman–Crippen LogP) is 3.19. The fraction of sp³-hybridized carbons (Fsp3) is 0.412. The molecule has 0 amide bonds. The molecule has 2 aromatic rings. The third kappa shape index (κ3) is 3.43. The van der Waals surface area contributed by atoms with Crippen molar-refractivity contribution in [2.75, 3.05) is 11.5 Å². The first-order valence-electron chi connectivity index (χ1n) is 8.13. The van der Waals surface area contributed by atoms with Gasteiger partial charge in [0.25, 0.3) is 5.56 Å². The summed E-state index contributed by atoms with van der Waals surface area (Å²) in [5.74, 6) is 0.639. The van der Waals surface area contributed by atoms with Crippen LogP contribution >= 0.6 is 11.6 Å². The molecule has 0 atom stereocenters. The van der Waals surface area contributed by atoms with Crippen LogP contribution in [0.3, 0.4) is 0 Å². The molecule has 1 aliphatic rings. The molecule has 0 aliphatic carbocycles. The second-order valence-corrected chi connectivity index (χ2v) is 9.23. The highest BCUT2D eigenvalue weighted by Crippen LogP contribution is 2.35. The Hall–Kier alpha value is -1.86. The number of halogens is 1. The molecule has 1 aliphatic heterocycles. The van der Waals surface area contributed by atoms with Crippen LogP contribution < -0.4 is 5.56 Å². The number of nitrogens with one attached hydrogen (secondary N) is 1. The minimum Gasteiger partial charge on any atom is -0.302 e. The molecule has 2 heterocycles. The van der Waals surface area contributed by atoms with E-state index in [-0.39, 0.29) is 16.1 Å². The van der Waals surface area contributed by atoms with E-state index in [2.05, 4.69) is 9.46 Å². The molecule has 0 radical (unpaired) electrons. The minimum absolute atomic E-state index is 0.0149. The molecule has 25 heavy (non-hydrogen) atoms. The van der Waals surface area contributed by atoms with Crippen molar-refractivity contribution in [3.63, 3.8) is 0 Å². The smallest absolute Gasteiger partial charge is 0.277 e. The van der Waals surface area contributed by atoms with Gasteiger partial charge >= 0.3 is 0 Å². The number of rotatable bonds is 3. The van der Waals surface area contributed by atoms with Crippen molar-refractivity contribution < 1.29 is 9.00 Å². The Morgan fingerprint density at radius 2 is 1.92 bits per heavy atom. The highest BCUT2D eigenvalue weighted by atomic mass is 35.5. The number of H-pyrrole nitrogens is 1. The summed E-state index contributed by atoms with van der Waals surface area (Å²) in [5, 5.41) is 2.83. The van der Waals surface area contributed by atoms with E-state index in [1.54, 1.807) is 12.1 Å². The Bertz CT molecular complexity index is 1000. The van der Waals surface area contributed by atoms with Crippen LogP contribution in [0.15, 0.2) is 27.5 Å². The molecular weight excluding hydrogens is 362 g/mol. The van der Waals surface area contributed by atoms with Gasteiger partial charge in [-0.05, 0) is 31.4 Å². The summed E-state index contributed by atoms with van der Waals surface area (Å²) in [6, 6.07) is 3.31. The Labute approximate surface area is 151 Å². The van der Waals surface area contributed by atoms with Gasteiger partial charge in [-0.1, -0.05) is 24.1 Å². The summed E-state index contributed by atoms with van der Waals surface area (Å²) in [7, 11) is -0.810. The van der Waals surface area contributed by atoms with E-state index in [1.807, 2.05) is 6.92 Å². The molecule has 1 aromatic carbocycles. The number of benzene rings is 1. The summed E-state index contributed by atoms with van der Waals surface area (Å²) in [4.78, 5) is 24.7. The third-order valence-electron chi connectivity index (χ3n) is 4.43. The number of carbonyl (C=O) groups excluding carboxylic acids is 1. The number of ketones is 1. The molecule has 0 unspecified atom stereocenters. The third-order valence-corrected chi connectivity index (χ3v) is 7.18. The number of hydrogen-bond acceptors (Lipinski definition) is 4. The second-order valence-electron chi connectivity index (χ2n) is 6.31. The Balaban J connectivity index is 2.11. The van der Waals surface area contributed by atoms with Crippen molar-refractivity contribution in [3.05, 3.63) is 50.4 Å². The second kappa shape index (κ2) is 6.80. The first kappa shape index (κ1) is 17.9. The van der Waals surface area contributed by atoms with Gasteiger partial charge in [-0.15, -0.1) is 0 Å². The number of hydrogen-bond donors (Lipinski definition) is 1. The highest BCUT2D eigenvalue weighted by molar-refractivity contribution is 7.93. The number of aryl methyl sites for hydroxylation is 2. The summed E-state index contributed by atoms with van der Waals surface area (Å²) in [5.41, 5.74) is 0.949. The topological polar surface area (TPSA) is 84.3 Å². The molecule has 0 spiro atoms. The molecule has 134 valence electrons. The maximum atomic E-state index is 12.9. The highest BCUT2D eigenvalue weighted by Gasteiger charge is 2.22. The zero-order valence-electron chi connectivity index (χ0n) is 14.2. The first-order chi connectivity index (χ1) is 11.8. The number of aromatic nitrogens is 2. The summed E-state index contributed by atoms with van der Waals surface area (Å²) in [6.45, 7) is 1.82. The maximum Gasteiger partial charge on any atom is 0.277 e. The predicted molar refractivity (Wildman–Crippen MR) is 99.5 cm³/mol. The Kier molecular flexibility index (Phi) is 4.88. The van der Waals surface area contributed by atoms with Crippen LogP contribution in [0, 0.1) is 6.92 Å². The van der Waals surface area contributed by atoms with Gasteiger partial charge in [0, 0.05) is 30.3 Å². The van der Waals surface area contributed by atoms with Crippen molar-refractivity contribution in [3.8, 4) is 0 Å². The lowest BCUT2D eigenvalue weighted by Crippen LogP contribution is -2.19. The van der Waals surface area contributed by atoms with Gasteiger partial charge in [0.15, 0.2) is 0 Å². The van der Waals surface area contributed by atoms with Gasteiger partial charge in [-0.2, -0.15) is 4.36 Å². The maximum absolute atomic E-state index is 12.9. The van der Waals surface area contributed by atoms with Crippen molar-refractivity contribution in [1.29, 1.82) is 0 Å². The Morgan fingerprint density at radius 3 is 2.52 bits per heavy atom. The van der Waals surface area contributed by atoms with Crippen molar-refractivity contribution in [2.24, 2.45) is 11.4 Å². The van der Waals surface area contributed by atoms with E-state index >= 15 is 0 Å². The molecule has 0 bridgehead atoms. The fourth-order valence-corrected chi connectivity index (χ4v) is 5.57. The summed E-state index contributed by atoms with van der Waals surface area (Å²) in [6.07, 6.45) is 4.20. The molecule has 1 saturated heterocycles. The number of nitrogens with zero attached hydrogens (tertiary/aromatic N) is 2. The van der Waals surface area contributed by atoms with Crippen LogP contribution in [0.1, 0.15) is 40.7 Å². The number of aromatic amines is 1. The van der Waals surface area contributed by atoms with Crippen LogP contribution in [-0.2, 0) is 16.8 Å². The molecule has 3 rings (SSSR count). The quantitative estimate of drug-likeness (QED) is 0.828. The van der Waals surface area contributed by atoms with E-state index in [4.69, 9.17) is 11.6 Å². The Morgan fingerprint density at radius 1 is 1.24 bits per heavy atom. The van der Waals surface area contributed by atoms with Crippen molar-refractivity contribution in [2.45, 2.75) is 26.2 Å². The van der Waals surface area contributed by atoms with E-state index < -0.39 is 21.1 Å². The van der Waals surface area contributed by atoms with Gasteiger partial charge in [0.2, 0.25) is 5.78 Å². The lowest BCUT2D eigenvalue weighted by Gasteiger charge is -2.17. The van der Waals surface area contributed by atoms with Gasteiger partial charge in [-0.3, -0.25) is 14.3 Å². The average molecular weight is 382 g/mol. The van der Waals surface area contributed by atoms with Crippen LogP contribution in [0.5, 0.6) is 0 Å². The first-order valence-corrected chi connectivity index (χ1v) is 10.4. The van der Waals surface area contributed by atoms with Gasteiger partial charge < -0.3 is 5.10 Å². The monoisotopic (exact) mass is 381 g/mol.